The summed E-state index contributed by atoms with van der Waals surface area (Å²) in [6.45, 7) is 3.70. The minimum absolute atomic E-state index is 0.145. The molecular weight excluding hydrogens is 376 g/mol. The molecular formula is C20H20Cl2FNO2. The number of ether oxygens (including phenoxy) is 1. The van der Waals surface area contributed by atoms with Crippen LogP contribution in [0.15, 0.2) is 48.5 Å². The smallest absolute Gasteiger partial charge is 0.263 e. The van der Waals surface area contributed by atoms with Gasteiger partial charge in [0, 0.05) is 12.5 Å². The summed E-state index contributed by atoms with van der Waals surface area (Å²) in [5, 5.41) is 2.81. The fourth-order valence-corrected chi connectivity index (χ4v) is 3.24. The second-order valence-corrected chi connectivity index (χ2v) is 8.55. The highest BCUT2D eigenvalue weighted by Crippen LogP contribution is 2.59. The molecule has 0 aromatic heterocycles. The lowest BCUT2D eigenvalue weighted by Crippen LogP contribution is -2.46. The van der Waals surface area contributed by atoms with E-state index in [2.05, 4.69) is 5.32 Å². The third-order valence-corrected chi connectivity index (χ3v) is 5.23. The number of halogens is 3. The van der Waals surface area contributed by atoms with Gasteiger partial charge in [0.15, 0.2) is 5.60 Å². The van der Waals surface area contributed by atoms with E-state index >= 15 is 0 Å². The Balaban J connectivity index is 1.57. The van der Waals surface area contributed by atoms with Crippen LogP contribution >= 0.6 is 23.2 Å². The Hall–Kier alpha value is -1.78. The first-order valence-electron chi connectivity index (χ1n) is 8.37. The van der Waals surface area contributed by atoms with Crippen molar-refractivity contribution in [3.63, 3.8) is 0 Å². The minimum atomic E-state index is -1.05. The second-order valence-electron chi connectivity index (χ2n) is 7.01. The molecule has 138 valence electrons. The van der Waals surface area contributed by atoms with Gasteiger partial charge in [0.25, 0.3) is 5.91 Å². The van der Waals surface area contributed by atoms with Crippen molar-refractivity contribution in [2.24, 2.45) is 0 Å². The molecule has 2 aromatic rings. The van der Waals surface area contributed by atoms with Crippen LogP contribution in [0.5, 0.6) is 5.75 Å². The predicted octanol–water partition coefficient (Wildman–Crippen LogP) is 4.96. The summed E-state index contributed by atoms with van der Waals surface area (Å²) >= 11 is 12.2. The van der Waals surface area contributed by atoms with Gasteiger partial charge in [-0.3, -0.25) is 4.79 Å². The number of nitrogens with one attached hydrogen (secondary N) is 1. The average Bonchev–Trinajstić information content (AvgIpc) is 3.23. The molecule has 1 amide bonds. The van der Waals surface area contributed by atoms with Crippen molar-refractivity contribution in [3.8, 4) is 5.75 Å². The predicted molar refractivity (Wildman–Crippen MR) is 101 cm³/mol. The first kappa shape index (κ1) is 19.0. The van der Waals surface area contributed by atoms with Crippen molar-refractivity contribution < 1.29 is 13.9 Å². The van der Waals surface area contributed by atoms with Gasteiger partial charge in [-0.2, -0.15) is 0 Å². The fourth-order valence-electron chi connectivity index (χ4n) is 2.68. The molecule has 3 nitrogen and oxygen atoms in total. The number of hydrogen-bond donors (Lipinski definition) is 1. The lowest BCUT2D eigenvalue weighted by Gasteiger charge is -2.25. The Kier molecular flexibility index (Phi) is 5.18. The van der Waals surface area contributed by atoms with Crippen LogP contribution in [0.1, 0.15) is 37.3 Å². The van der Waals surface area contributed by atoms with Crippen LogP contribution in [0, 0.1) is 5.82 Å². The molecule has 1 atom stereocenters. The Bertz CT molecular complexity index is 788. The number of rotatable bonds is 6. The molecule has 1 fully saturated rings. The van der Waals surface area contributed by atoms with E-state index in [0.29, 0.717) is 12.3 Å². The largest absolute Gasteiger partial charge is 0.478 e. The van der Waals surface area contributed by atoms with Gasteiger partial charge >= 0.3 is 0 Å². The van der Waals surface area contributed by atoms with E-state index in [-0.39, 0.29) is 17.6 Å². The normalized spacial score (nSPS) is 18.3. The summed E-state index contributed by atoms with van der Waals surface area (Å²) in [5.41, 5.74) is 0.819. The molecule has 6 heteroatoms. The zero-order chi connectivity index (χ0) is 18.9. The highest BCUT2D eigenvalue weighted by Gasteiger charge is 2.52. The average molecular weight is 396 g/mol. The van der Waals surface area contributed by atoms with Crippen LogP contribution in [0.25, 0.3) is 0 Å². The summed E-state index contributed by atoms with van der Waals surface area (Å²) in [7, 11) is 0. The van der Waals surface area contributed by atoms with E-state index in [1.165, 1.54) is 12.1 Å². The Morgan fingerprint density at radius 3 is 2.31 bits per heavy atom. The molecule has 0 radical (unpaired) electrons. The molecule has 1 N–H and O–H groups in total. The number of alkyl halides is 2. The number of carbonyl (C=O) groups excluding carboxylic acids is 1. The molecule has 0 saturated heterocycles. The lowest BCUT2D eigenvalue weighted by molar-refractivity contribution is -0.134. The summed E-state index contributed by atoms with van der Waals surface area (Å²) in [6.07, 6.45) is 0.744. The van der Waals surface area contributed by atoms with Crippen molar-refractivity contribution in [1.82, 2.24) is 5.32 Å². The Morgan fingerprint density at radius 2 is 1.77 bits per heavy atom. The van der Waals surface area contributed by atoms with Crippen LogP contribution in [0.4, 0.5) is 4.39 Å². The molecule has 1 aliphatic carbocycles. The minimum Gasteiger partial charge on any atom is -0.478 e. The van der Waals surface area contributed by atoms with E-state index in [9.17, 15) is 9.18 Å². The lowest BCUT2D eigenvalue weighted by atomic mass is 10.1. The van der Waals surface area contributed by atoms with Crippen LogP contribution in [-0.2, 0) is 11.3 Å². The van der Waals surface area contributed by atoms with Crippen LogP contribution in [-0.4, -0.2) is 15.8 Å². The first-order chi connectivity index (χ1) is 12.2. The van der Waals surface area contributed by atoms with E-state index in [0.717, 1.165) is 17.5 Å². The number of amides is 1. The van der Waals surface area contributed by atoms with Gasteiger partial charge in [0.05, 0.1) is 0 Å². The zero-order valence-corrected chi connectivity index (χ0v) is 16.1. The Labute approximate surface area is 162 Å². The van der Waals surface area contributed by atoms with Gasteiger partial charge < -0.3 is 10.1 Å². The van der Waals surface area contributed by atoms with Crippen molar-refractivity contribution >= 4 is 29.1 Å². The van der Waals surface area contributed by atoms with Crippen molar-refractivity contribution in [2.45, 2.75) is 42.7 Å². The molecule has 1 saturated carbocycles. The number of benzene rings is 2. The molecule has 3 rings (SSSR count). The van der Waals surface area contributed by atoms with Gasteiger partial charge in [-0.05, 0) is 55.7 Å². The maximum absolute atomic E-state index is 12.9. The van der Waals surface area contributed by atoms with Crippen LogP contribution in [0.3, 0.4) is 0 Å². The zero-order valence-electron chi connectivity index (χ0n) is 14.6. The number of carbonyl (C=O) groups is 1. The summed E-state index contributed by atoms with van der Waals surface area (Å²) in [6, 6.07) is 13.4. The highest BCUT2D eigenvalue weighted by molar-refractivity contribution is 6.51. The maximum Gasteiger partial charge on any atom is 0.263 e. The van der Waals surface area contributed by atoms with Gasteiger partial charge in [-0.25, -0.2) is 4.39 Å². The SMILES string of the molecule is CC(C)(Oc1ccc(C2CC2(Cl)Cl)cc1)C(=O)NCc1ccc(F)cc1. The second kappa shape index (κ2) is 7.09. The van der Waals surface area contributed by atoms with Gasteiger partial charge in [-0.15, -0.1) is 23.2 Å². The van der Waals surface area contributed by atoms with E-state index in [4.69, 9.17) is 27.9 Å². The molecule has 0 heterocycles. The fraction of sp³-hybridized carbons (Fsp3) is 0.350. The molecule has 0 spiro atoms. The van der Waals surface area contributed by atoms with Crippen molar-refractivity contribution in [1.29, 1.82) is 0 Å². The number of hydrogen-bond acceptors (Lipinski definition) is 2. The molecule has 2 aromatic carbocycles. The molecule has 26 heavy (non-hydrogen) atoms. The van der Waals surface area contributed by atoms with E-state index in [1.54, 1.807) is 26.0 Å². The van der Waals surface area contributed by atoms with Crippen molar-refractivity contribution in [2.75, 3.05) is 0 Å². The third kappa shape index (κ3) is 4.49. The third-order valence-electron chi connectivity index (χ3n) is 4.39. The van der Waals surface area contributed by atoms with Gasteiger partial charge in [0.1, 0.15) is 15.9 Å². The van der Waals surface area contributed by atoms with Crippen molar-refractivity contribution in [3.05, 3.63) is 65.5 Å². The quantitative estimate of drug-likeness (QED) is 0.701. The summed E-state index contributed by atoms with van der Waals surface area (Å²) < 4.78 is 18.1. The van der Waals surface area contributed by atoms with Crippen LogP contribution in [0.2, 0.25) is 0 Å². The van der Waals surface area contributed by atoms with E-state index in [1.807, 2.05) is 24.3 Å². The molecule has 1 aliphatic rings. The highest BCUT2D eigenvalue weighted by atomic mass is 35.5. The molecule has 0 bridgehead atoms. The Morgan fingerprint density at radius 1 is 1.19 bits per heavy atom. The maximum atomic E-state index is 12.9. The van der Waals surface area contributed by atoms with Crippen LogP contribution < -0.4 is 10.1 Å². The van der Waals surface area contributed by atoms with E-state index < -0.39 is 9.93 Å². The monoisotopic (exact) mass is 395 g/mol. The standard InChI is InChI=1S/C20H20Cl2FNO2/c1-19(2,18(25)24-12-13-3-7-15(23)8-4-13)26-16-9-5-14(6-10-16)17-11-20(17,21)22/h3-10,17H,11-12H2,1-2H3,(H,24,25). The molecule has 1 unspecified atom stereocenters. The first-order valence-corrected chi connectivity index (χ1v) is 9.12. The summed E-state index contributed by atoms with van der Waals surface area (Å²) in [5.74, 6) is 0.172. The molecule has 0 aliphatic heterocycles. The topological polar surface area (TPSA) is 38.3 Å². The summed E-state index contributed by atoms with van der Waals surface area (Å²) in [4.78, 5) is 12.4. The van der Waals surface area contributed by atoms with Gasteiger partial charge in [0.2, 0.25) is 0 Å². The van der Waals surface area contributed by atoms with Gasteiger partial charge in [-0.1, -0.05) is 24.3 Å².